The predicted octanol–water partition coefficient (Wildman–Crippen LogP) is 0.135. The molecular formula is C11H10N4O4. The zero-order valence-electron chi connectivity index (χ0n) is 9.74. The Morgan fingerprint density at radius 2 is 2.16 bits per heavy atom. The molecule has 2 rings (SSSR count). The van der Waals surface area contributed by atoms with Gasteiger partial charge in [-0.1, -0.05) is 5.16 Å². The van der Waals surface area contributed by atoms with Gasteiger partial charge in [-0.05, 0) is 12.1 Å². The van der Waals surface area contributed by atoms with Crippen molar-refractivity contribution in [3.63, 3.8) is 0 Å². The number of aromatic nitrogens is 3. The van der Waals surface area contributed by atoms with E-state index in [4.69, 9.17) is 9.63 Å². The van der Waals surface area contributed by atoms with Crippen LogP contribution in [0.2, 0.25) is 0 Å². The monoisotopic (exact) mass is 262 g/mol. The molecule has 19 heavy (non-hydrogen) atoms. The van der Waals surface area contributed by atoms with Gasteiger partial charge in [0, 0.05) is 19.2 Å². The van der Waals surface area contributed by atoms with E-state index < -0.39 is 5.97 Å². The second-order valence-corrected chi connectivity index (χ2v) is 3.58. The highest BCUT2D eigenvalue weighted by atomic mass is 16.5. The normalized spacial score (nSPS) is 10.1. The first kappa shape index (κ1) is 12.7. The van der Waals surface area contributed by atoms with Crippen LogP contribution in [0.1, 0.15) is 26.7 Å². The molecule has 0 atom stereocenters. The van der Waals surface area contributed by atoms with Gasteiger partial charge >= 0.3 is 5.97 Å². The van der Waals surface area contributed by atoms with Crippen LogP contribution in [0.4, 0.5) is 0 Å². The molecule has 98 valence electrons. The molecule has 0 bridgehead atoms. The zero-order chi connectivity index (χ0) is 13.7. The van der Waals surface area contributed by atoms with E-state index in [0.717, 1.165) is 0 Å². The van der Waals surface area contributed by atoms with Crippen molar-refractivity contribution in [2.24, 2.45) is 0 Å². The van der Waals surface area contributed by atoms with Crippen LogP contribution in [-0.4, -0.2) is 38.7 Å². The van der Waals surface area contributed by atoms with Gasteiger partial charge in [-0.2, -0.15) is 4.98 Å². The quantitative estimate of drug-likeness (QED) is 0.786. The van der Waals surface area contributed by atoms with Gasteiger partial charge in [-0.15, -0.1) is 0 Å². The summed E-state index contributed by atoms with van der Waals surface area (Å²) in [6.45, 7) is 0.335. The van der Waals surface area contributed by atoms with Gasteiger partial charge in [0.1, 0.15) is 5.69 Å². The lowest BCUT2D eigenvalue weighted by Gasteiger charge is -2.03. The van der Waals surface area contributed by atoms with E-state index in [-0.39, 0.29) is 17.2 Å². The maximum atomic E-state index is 11.7. The third-order valence-corrected chi connectivity index (χ3v) is 2.28. The maximum absolute atomic E-state index is 11.7. The molecule has 0 spiro atoms. The van der Waals surface area contributed by atoms with E-state index in [2.05, 4.69) is 20.4 Å². The van der Waals surface area contributed by atoms with Crippen molar-refractivity contribution in [2.45, 2.75) is 6.42 Å². The number of nitrogens with zero attached hydrogens (tertiary/aromatic N) is 3. The van der Waals surface area contributed by atoms with Crippen molar-refractivity contribution in [3.8, 4) is 0 Å². The Hall–Kier alpha value is -2.77. The molecule has 8 heteroatoms. The summed E-state index contributed by atoms with van der Waals surface area (Å²) in [5.74, 6) is -1.05. The van der Waals surface area contributed by atoms with E-state index in [1.807, 2.05) is 0 Å². The van der Waals surface area contributed by atoms with E-state index in [0.29, 0.717) is 18.9 Å². The standard InChI is InChI=1S/C11H10N4O4/c16-10(12-4-3-9-14-6-15-19-9)7-1-2-8(11(17)18)13-5-7/h1-2,5-6H,3-4H2,(H,12,16)(H,17,18). The largest absolute Gasteiger partial charge is 0.477 e. The van der Waals surface area contributed by atoms with Gasteiger partial charge < -0.3 is 14.9 Å². The fraction of sp³-hybridized carbons (Fsp3) is 0.182. The Bertz CT molecular complexity index is 565. The molecule has 0 aromatic carbocycles. The Morgan fingerprint density at radius 1 is 1.32 bits per heavy atom. The summed E-state index contributed by atoms with van der Waals surface area (Å²) >= 11 is 0. The molecule has 8 nitrogen and oxygen atoms in total. The fourth-order valence-electron chi connectivity index (χ4n) is 1.35. The molecule has 0 unspecified atom stereocenters. The van der Waals surface area contributed by atoms with Crippen LogP contribution >= 0.6 is 0 Å². The maximum Gasteiger partial charge on any atom is 0.354 e. The third kappa shape index (κ3) is 3.35. The van der Waals surface area contributed by atoms with Crippen molar-refractivity contribution in [1.82, 2.24) is 20.4 Å². The summed E-state index contributed by atoms with van der Waals surface area (Å²) in [7, 11) is 0. The summed E-state index contributed by atoms with van der Waals surface area (Å²) in [4.78, 5) is 29.8. The summed E-state index contributed by atoms with van der Waals surface area (Å²) < 4.78 is 4.77. The molecule has 0 fully saturated rings. The van der Waals surface area contributed by atoms with Crippen LogP contribution in [0, 0.1) is 0 Å². The Labute approximate surface area is 107 Å². The van der Waals surface area contributed by atoms with E-state index in [1.54, 1.807) is 0 Å². The van der Waals surface area contributed by atoms with Gasteiger partial charge in [0.2, 0.25) is 5.89 Å². The Kier molecular flexibility index (Phi) is 3.81. The van der Waals surface area contributed by atoms with Gasteiger partial charge in [0.25, 0.3) is 5.91 Å². The molecule has 2 N–H and O–H groups in total. The number of rotatable bonds is 5. The minimum atomic E-state index is -1.14. The van der Waals surface area contributed by atoms with Crippen molar-refractivity contribution >= 4 is 11.9 Å². The Morgan fingerprint density at radius 3 is 2.74 bits per heavy atom. The smallest absolute Gasteiger partial charge is 0.354 e. The lowest BCUT2D eigenvalue weighted by molar-refractivity contribution is 0.0689. The van der Waals surface area contributed by atoms with Crippen LogP contribution in [0.15, 0.2) is 29.2 Å². The first-order valence-corrected chi connectivity index (χ1v) is 5.40. The summed E-state index contributed by atoms with van der Waals surface area (Å²) in [5.41, 5.74) is 0.179. The Balaban J connectivity index is 1.87. The van der Waals surface area contributed by atoms with E-state index in [9.17, 15) is 9.59 Å². The molecule has 1 amide bonds. The third-order valence-electron chi connectivity index (χ3n) is 2.28. The summed E-state index contributed by atoms with van der Waals surface area (Å²) in [5, 5.41) is 14.7. The van der Waals surface area contributed by atoms with Crippen LogP contribution in [0.3, 0.4) is 0 Å². The van der Waals surface area contributed by atoms with Crippen LogP contribution < -0.4 is 5.32 Å². The number of nitrogens with one attached hydrogen (secondary N) is 1. The van der Waals surface area contributed by atoms with Crippen molar-refractivity contribution in [3.05, 3.63) is 41.8 Å². The molecular weight excluding hydrogens is 252 g/mol. The van der Waals surface area contributed by atoms with E-state index >= 15 is 0 Å². The number of hydrogen-bond acceptors (Lipinski definition) is 6. The number of pyridine rings is 1. The average Bonchev–Trinajstić information content (AvgIpc) is 2.92. The number of carboxylic acid groups (broad SMARTS) is 1. The average molecular weight is 262 g/mol. The second-order valence-electron chi connectivity index (χ2n) is 3.58. The molecule has 0 aliphatic rings. The minimum absolute atomic E-state index is 0.109. The number of hydrogen-bond donors (Lipinski definition) is 2. The molecule has 0 saturated carbocycles. The predicted molar refractivity (Wildman–Crippen MR) is 61.5 cm³/mol. The molecule has 0 aliphatic heterocycles. The van der Waals surface area contributed by atoms with Crippen LogP contribution in [0.25, 0.3) is 0 Å². The lowest BCUT2D eigenvalue weighted by Crippen LogP contribution is -2.26. The number of carboxylic acids is 1. The number of aromatic carboxylic acids is 1. The number of amides is 1. The molecule has 0 radical (unpaired) electrons. The highest BCUT2D eigenvalue weighted by molar-refractivity contribution is 5.94. The minimum Gasteiger partial charge on any atom is -0.477 e. The number of carbonyl (C=O) groups excluding carboxylic acids is 1. The highest BCUT2D eigenvalue weighted by Crippen LogP contribution is 2.00. The van der Waals surface area contributed by atoms with Crippen LogP contribution in [-0.2, 0) is 6.42 Å². The lowest BCUT2D eigenvalue weighted by atomic mass is 10.2. The first-order valence-electron chi connectivity index (χ1n) is 5.40. The van der Waals surface area contributed by atoms with E-state index in [1.165, 1.54) is 24.7 Å². The van der Waals surface area contributed by atoms with Crippen molar-refractivity contribution in [2.75, 3.05) is 6.54 Å². The second kappa shape index (κ2) is 5.71. The van der Waals surface area contributed by atoms with Gasteiger partial charge in [0.15, 0.2) is 6.33 Å². The van der Waals surface area contributed by atoms with Gasteiger partial charge in [-0.25, -0.2) is 9.78 Å². The molecule has 0 saturated heterocycles. The van der Waals surface area contributed by atoms with Crippen molar-refractivity contribution < 1.29 is 19.2 Å². The molecule has 2 aromatic rings. The molecule has 2 heterocycles. The van der Waals surface area contributed by atoms with Gasteiger partial charge in [-0.3, -0.25) is 4.79 Å². The number of carbonyl (C=O) groups is 2. The van der Waals surface area contributed by atoms with Crippen LogP contribution in [0.5, 0.6) is 0 Å². The first-order chi connectivity index (χ1) is 9.16. The zero-order valence-corrected chi connectivity index (χ0v) is 9.74. The topological polar surface area (TPSA) is 118 Å². The molecule has 2 aromatic heterocycles. The fourth-order valence-corrected chi connectivity index (χ4v) is 1.35. The SMILES string of the molecule is O=C(NCCc1ncno1)c1ccc(C(=O)O)nc1. The summed E-state index contributed by atoms with van der Waals surface area (Å²) in [6, 6.07) is 2.67. The molecule has 0 aliphatic carbocycles. The van der Waals surface area contributed by atoms with Crippen molar-refractivity contribution in [1.29, 1.82) is 0 Å². The summed E-state index contributed by atoms with van der Waals surface area (Å²) in [6.07, 6.45) is 2.92. The van der Waals surface area contributed by atoms with Gasteiger partial charge in [0.05, 0.1) is 5.56 Å². The highest BCUT2D eigenvalue weighted by Gasteiger charge is 2.09.